The van der Waals surface area contributed by atoms with Crippen LogP contribution in [0.4, 0.5) is 15.9 Å². The molecule has 36 heavy (non-hydrogen) atoms. The van der Waals surface area contributed by atoms with Crippen LogP contribution in [0, 0.1) is 5.82 Å². The van der Waals surface area contributed by atoms with Crippen LogP contribution in [0.15, 0.2) is 67.0 Å². The SMILES string of the molecule is C[C@@H](Oc1cc(C(=O)Nc2ccc(C(=O)c3ccncc3)cc2)nnc1N)c1c(Cl)ccc(F)c1Cl. The van der Waals surface area contributed by atoms with Gasteiger partial charge in [-0.15, -0.1) is 10.2 Å². The fourth-order valence-electron chi connectivity index (χ4n) is 3.32. The Morgan fingerprint density at radius 3 is 2.36 bits per heavy atom. The number of rotatable bonds is 7. The molecule has 2 aromatic heterocycles. The van der Waals surface area contributed by atoms with Gasteiger partial charge in [0.15, 0.2) is 23.0 Å². The van der Waals surface area contributed by atoms with E-state index in [4.69, 9.17) is 33.7 Å². The third-order valence-corrected chi connectivity index (χ3v) is 5.87. The van der Waals surface area contributed by atoms with Gasteiger partial charge in [0, 0.05) is 45.9 Å². The van der Waals surface area contributed by atoms with Gasteiger partial charge in [-0.05, 0) is 55.5 Å². The van der Waals surface area contributed by atoms with Gasteiger partial charge in [0.2, 0.25) is 0 Å². The van der Waals surface area contributed by atoms with Gasteiger partial charge in [-0.25, -0.2) is 4.39 Å². The predicted molar refractivity (Wildman–Crippen MR) is 134 cm³/mol. The van der Waals surface area contributed by atoms with Crippen molar-refractivity contribution in [1.29, 1.82) is 0 Å². The molecule has 8 nitrogen and oxygen atoms in total. The van der Waals surface area contributed by atoms with Crippen LogP contribution in [0.25, 0.3) is 0 Å². The molecule has 3 N–H and O–H groups in total. The van der Waals surface area contributed by atoms with E-state index in [1.165, 1.54) is 24.5 Å². The third-order valence-electron chi connectivity index (χ3n) is 5.16. The molecule has 11 heteroatoms. The molecule has 2 heterocycles. The first-order valence-corrected chi connectivity index (χ1v) is 11.3. The van der Waals surface area contributed by atoms with Gasteiger partial charge in [0.1, 0.15) is 11.9 Å². The number of nitrogen functional groups attached to an aromatic ring is 1. The number of hydrogen-bond acceptors (Lipinski definition) is 7. The number of ether oxygens (including phenoxy) is 1. The largest absolute Gasteiger partial charge is 0.482 e. The molecule has 0 radical (unpaired) electrons. The number of pyridine rings is 1. The zero-order valence-electron chi connectivity index (χ0n) is 18.7. The molecule has 0 spiro atoms. The normalized spacial score (nSPS) is 11.6. The summed E-state index contributed by atoms with van der Waals surface area (Å²) < 4.78 is 19.7. The molecule has 1 amide bonds. The third kappa shape index (κ3) is 5.42. The average Bonchev–Trinajstić information content (AvgIpc) is 2.88. The summed E-state index contributed by atoms with van der Waals surface area (Å²) in [5.74, 6) is -1.46. The Labute approximate surface area is 215 Å². The Hall–Kier alpha value is -4.08. The van der Waals surface area contributed by atoms with Gasteiger partial charge in [-0.3, -0.25) is 14.6 Å². The fourth-order valence-corrected chi connectivity index (χ4v) is 4.00. The Morgan fingerprint density at radius 2 is 1.67 bits per heavy atom. The van der Waals surface area contributed by atoms with Gasteiger partial charge in [0.25, 0.3) is 5.91 Å². The molecule has 0 aliphatic carbocycles. The molecule has 0 saturated heterocycles. The van der Waals surface area contributed by atoms with E-state index in [0.29, 0.717) is 16.8 Å². The highest BCUT2D eigenvalue weighted by molar-refractivity contribution is 6.36. The number of amides is 1. The molecular formula is C25H18Cl2FN5O3. The number of carbonyl (C=O) groups excluding carboxylic acids is 2. The van der Waals surface area contributed by atoms with Crippen molar-refractivity contribution in [1.82, 2.24) is 15.2 Å². The number of ketones is 1. The van der Waals surface area contributed by atoms with Crippen molar-refractivity contribution in [2.45, 2.75) is 13.0 Å². The van der Waals surface area contributed by atoms with Gasteiger partial charge in [0.05, 0.1) is 5.02 Å². The van der Waals surface area contributed by atoms with E-state index in [-0.39, 0.29) is 38.7 Å². The second kappa shape index (κ2) is 10.7. The zero-order chi connectivity index (χ0) is 25.8. The van der Waals surface area contributed by atoms with E-state index in [1.54, 1.807) is 43.3 Å². The molecule has 0 saturated carbocycles. The monoisotopic (exact) mass is 525 g/mol. The molecule has 182 valence electrons. The van der Waals surface area contributed by atoms with Crippen molar-refractivity contribution in [3.8, 4) is 5.75 Å². The minimum Gasteiger partial charge on any atom is -0.482 e. The van der Waals surface area contributed by atoms with Crippen LogP contribution in [-0.2, 0) is 0 Å². The summed E-state index contributed by atoms with van der Waals surface area (Å²) in [5.41, 5.74) is 7.38. The number of nitrogens with one attached hydrogen (secondary N) is 1. The van der Waals surface area contributed by atoms with Crippen molar-refractivity contribution in [2.24, 2.45) is 0 Å². The number of benzene rings is 2. The summed E-state index contributed by atoms with van der Waals surface area (Å²) in [6.45, 7) is 1.60. The number of carbonyl (C=O) groups is 2. The van der Waals surface area contributed by atoms with E-state index in [9.17, 15) is 14.0 Å². The Balaban J connectivity index is 1.48. The minimum absolute atomic E-state index is 0.0392. The Kier molecular flexibility index (Phi) is 7.42. The van der Waals surface area contributed by atoms with Crippen molar-refractivity contribution in [3.05, 3.63) is 105 Å². The molecular weight excluding hydrogens is 508 g/mol. The van der Waals surface area contributed by atoms with Crippen LogP contribution >= 0.6 is 23.2 Å². The standard InChI is InChI=1S/C25H18Cl2FN5O3/c1-13(21-17(26)6-7-18(28)22(21)27)36-20-12-19(32-33-24(20)29)25(35)31-16-4-2-14(3-5-16)23(34)15-8-10-30-11-9-15/h2-13H,1H3,(H2,29,33)(H,31,35)/t13-/m1/s1. The van der Waals surface area contributed by atoms with E-state index in [2.05, 4.69) is 20.5 Å². The number of aromatic nitrogens is 3. The highest BCUT2D eigenvalue weighted by atomic mass is 35.5. The van der Waals surface area contributed by atoms with Crippen LogP contribution in [0.2, 0.25) is 10.0 Å². The highest BCUT2D eigenvalue weighted by Gasteiger charge is 2.21. The lowest BCUT2D eigenvalue weighted by atomic mass is 10.0. The molecule has 0 aliphatic heterocycles. The molecule has 1 atom stereocenters. The quantitative estimate of drug-likeness (QED) is 0.240. The molecule has 0 unspecified atom stereocenters. The number of nitrogens with two attached hydrogens (primary N) is 1. The summed E-state index contributed by atoms with van der Waals surface area (Å²) in [7, 11) is 0. The molecule has 4 aromatic rings. The Bertz CT molecular complexity index is 1440. The minimum atomic E-state index is -0.811. The average molecular weight is 526 g/mol. The lowest BCUT2D eigenvalue weighted by molar-refractivity contribution is 0.101. The van der Waals surface area contributed by atoms with Crippen molar-refractivity contribution in [3.63, 3.8) is 0 Å². The summed E-state index contributed by atoms with van der Waals surface area (Å²) in [6, 6.07) is 13.4. The number of halogens is 3. The van der Waals surface area contributed by atoms with Crippen molar-refractivity contribution >= 4 is 46.4 Å². The van der Waals surface area contributed by atoms with Gasteiger partial charge >= 0.3 is 0 Å². The van der Waals surface area contributed by atoms with Crippen LogP contribution in [0.5, 0.6) is 5.75 Å². The summed E-state index contributed by atoms with van der Waals surface area (Å²) in [4.78, 5) is 29.2. The van der Waals surface area contributed by atoms with Gasteiger partial charge in [-0.2, -0.15) is 0 Å². The topological polar surface area (TPSA) is 120 Å². The highest BCUT2D eigenvalue weighted by Crippen LogP contribution is 2.35. The first-order chi connectivity index (χ1) is 17.2. The Morgan fingerprint density at radius 1 is 1.00 bits per heavy atom. The van der Waals surface area contributed by atoms with E-state index >= 15 is 0 Å². The molecule has 0 fully saturated rings. The maximum atomic E-state index is 13.9. The molecule has 2 aromatic carbocycles. The van der Waals surface area contributed by atoms with Crippen molar-refractivity contribution in [2.75, 3.05) is 11.1 Å². The number of hydrogen-bond donors (Lipinski definition) is 2. The summed E-state index contributed by atoms with van der Waals surface area (Å²) >= 11 is 12.2. The zero-order valence-corrected chi connectivity index (χ0v) is 20.2. The second-order valence-electron chi connectivity index (χ2n) is 7.59. The first kappa shape index (κ1) is 25.0. The first-order valence-electron chi connectivity index (χ1n) is 10.5. The van der Waals surface area contributed by atoms with Crippen LogP contribution in [0.3, 0.4) is 0 Å². The van der Waals surface area contributed by atoms with Gasteiger partial charge < -0.3 is 15.8 Å². The maximum Gasteiger partial charge on any atom is 0.276 e. The van der Waals surface area contributed by atoms with E-state index in [0.717, 1.165) is 6.07 Å². The number of nitrogens with zero attached hydrogens (tertiary/aromatic N) is 3. The smallest absolute Gasteiger partial charge is 0.276 e. The maximum absolute atomic E-state index is 13.9. The van der Waals surface area contributed by atoms with Crippen LogP contribution in [-0.4, -0.2) is 26.9 Å². The van der Waals surface area contributed by atoms with Crippen molar-refractivity contribution < 1.29 is 18.7 Å². The molecule has 0 bridgehead atoms. The van der Waals surface area contributed by atoms with Crippen LogP contribution in [0.1, 0.15) is 45.0 Å². The van der Waals surface area contributed by atoms with E-state index in [1.807, 2.05) is 0 Å². The van der Waals surface area contributed by atoms with Crippen LogP contribution < -0.4 is 15.8 Å². The summed E-state index contributed by atoms with van der Waals surface area (Å²) in [5, 5.41) is 10.3. The molecule has 4 rings (SSSR count). The number of anilines is 2. The van der Waals surface area contributed by atoms with Gasteiger partial charge in [-0.1, -0.05) is 23.2 Å². The lowest BCUT2D eigenvalue weighted by Gasteiger charge is -2.19. The van der Waals surface area contributed by atoms with E-state index < -0.39 is 17.8 Å². The molecule has 0 aliphatic rings. The second-order valence-corrected chi connectivity index (χ2v) is 8.38. The fraction of sp³-hybridized carbons (Fsp3) is 0.0800. The summed E-state index contributed by atoms with van der Waals surface area (Å²) in [6.07, 6.45) is 2.26. The predicted octanol–water partition coefficient (Wildman–Crippen LogP) is 5.52. The lowest BCUT2D eigenvalue weighted by Crippen LogP contribution is -2.16.